The smallest absolute Gasteiger partial charge is 0.335 e. The average molecular weight is 389 g/mol. The van der Waals surface area contributed by atoms with Crippen LogP contribution in [0.5, 0.6) is 0 Å². The monoisotopic (exact) mass is 389 g/mol. The van der Waals surface area contributed by atoms with Crippen LogP contribution in [-0.4, -0.2) is 43.8 Å². The maximum absolute atomic E-state index is 12.2. The Balaban J connectivity index is 1.81. The third-order valence-corrected chi connectivity index (χ3v) is 4.86. The molecule has 9 heteroatoms. The molecular weight excluding hydrogens is 378 g/mol. The summed E-state index contributed by atoms with van der Waals surface area (Å²) in [6.45, 7) is -0.485. The number of carboxylic acid groups (broad SMARTS) is 2. The molecule has 26 heavy (non-hydrogen) atoms. The largest absolute Gasteiger partial charge is 0.480 e. The first-order valence-corrected chi connectivity index (χ1v) is 8.48. The Hall–Kier alpha value is -2.91. The van der Waals surface area contributed by atoms with Crippen molar-refractivity contribution in [3.8, 4) is 11.3 Å². The van der Waals surface area contributed by atoms with Crippen molar-refractivity contribution < 1.29 is 29.0 Å². The topological polar surface area (TPSA) is 108 Å². The highest BCUT2D eigenvalue weighted by Crippen LogP contribution is 2.33. The van der Waals surface area contributed by atoms with Crippen molar-refractivity contribution in [1.82, 2.24) is 4.90 Å². The van der Waals surface area contributed by atoms with Gasteiger partial charge in [0.15, 0.2) is 0 Å². The summed E-state index contributed by atoms with van der Waals surface area (Å²) in [4.78, 5) is 35.2. The number of amides is 1. The third kappa shape index (κ3) is 3.68. The number of hydrogen-bond acceptors (Lipinski definition) is 6. The van der Waals surface area contributed by atoms with E-state index < -0.39 is 24.4 Å². The molecule has 7 nitrogen and oxygen atoms in total. The second-order valence-electron chi connectivity index (χ2n) is 5.25. The number of rotatable bonds is 5. The van der Waals surface area contributed by atoms with Crippen LogP contribution < -0.4 is 0 Å². The van der Waals surface area contributed by atoms with Crippen molar-refractivity contribution in [1.29, 1.82) is 0 Å². The first-order valence-electron chi connectivity index (χ1n) is 7.26. The van der Waals surface area contributed by atoms with Crippen LogP contribution in [0, 0.1) is 0 Å². The van der Waals surface area contributed by atoms with Gasteiger partial charge in [0.2, 0.25) is 0 Å². The number of furan rings is 1. The Morgan fingerprint density at radius 1 is 1.15 bits per heavy atom. The maximum Gasteiger partial charge on any atom is 0.335 e. The standard InChI is InChI=1S/C17H11NO6S2/c19-14(20)8-18-15(21)13(26-17(18)25)7-11-5-6-12(24-11)9-1-3-10(4-2-9)16(22)23/h1-7H,8H2,(H,19,20)(H,22,23)/b13-7-. The fourth-order valence-electron chi connectivity index (χ4n) is 2.26. The first kappa shape index (κ1) is 17.9. The van der Waals surface area contributed by atoms with Crippen LogP contribution in [0.1, 0.15) is 16.1 Å². The van der Waals surface area contributed by atoms with Gasteiger partial charge in [-0.1, -0.05) is 36.1 Å². The van der Waals surface area contributed by atoms with Gasteiger partial charge in [-0.25, -0.2) is 4.79 Å². The fraction of sp³-hybridized carbons (Fsp3) is 0.0588. The fourth-order valence-corrected chi connectivity index (χ4v) is 3.50. The van der Waals surface area contributed by atoms with Crippen LogP contribution in [0.3, 0.4) is 0 Å². The molecule has 1 saturated heterocycles. The lowest BCUT2D eigenvalue weighted by Crippen LogP contribution is -2.33. The molecule has 2 N–H and O–H groups in total. The zero-order chi connectivity index (χ0) is 18.8. The van der Waals surface area contributed by atoms with Crippen LogP contribution in [-0.2, 0) is 9.59 Å². The average Bonchev–Trinajstić information content (AvgIpc) is 3.15. The van der Waals surface area contributed by atoms with Crippen molar-refractivity contribution in [3.05, 3.63) is 52.6 Å². The lowest BCUT2D eigenvalue weighted by atomic mass is 10.1. The highest BCUT2D eigenvalue weighted by molar-refractivity contribution is 8.26. The third-order valence-electron chi connectivity index (χ3n) is 3.48. The van der Waals surface area contributed by atoms with Crippen LogP contribution >= 0.6 is 24.0 Å². The molecule has 3 rings (SSSR count). The molecule has 0 aliphatic carbocycles. The van der Waals surface area contributed by atoms with Gasteiger partial charge in [0.05, 0.1) is 10.5 Å². The summed E-state index contributed by atoms with van der Waals surface area (Å²) in [5, 5.41) is 17.7. The van der Waals surface area contributed by atoms with Crippen molar-refractivity contribution in [2.75, 3.05) is 6.54 Å². The van der Waals surface area contributed by atoms with Crippen molar-refractivity contribution >= 4 is 52.2 Å². The minimum atomic E-state index is -1.15. The zero-order valence-electron chi connectivity index (χ0n) is 13.0. The van der Waals surface area contributed by atoms with E-state index >= 15 is 0 Å². The molecule has 2 heterocycles. The summed E-state index contributed by atoms with van der Waals surface area (Å²) >= 11 is 6.04. The Morgan fingerprint density at radius 2 is 1.85 bits per heavy atom. The SMILES string of the molecule is O=C(O)CN1C(=O)/C(=C/c2ccc(-c3ccc(C(=O)O)cc3)o2)SC1=S. The van der Waals surface area contributed by atoms with Gasteiger partial charge in [-0.3, -0.25) is 14.5 Å². The van der Waals surface area contributed by atoms with E-state index in [1.807, 2.05) is 0 Å². The Labute approximate surface area is 156 Å². The number of aliphatic carboxylic acids is 1. The van der Waals surface area contributed by atoms with Gasteiger partial charge in [0.25, 0.3) is 5.91 Å². The number of nitrogens with zero attached hydrogens (tertiary/aromatic N) is 1. The summed E-state index contributed by atoms with van der Waals surface area (Å²) in [6, 6.07) is 9.54. The van der Waals surface area contributed by atoms with E-state index in [2.05, 4.69) is 0 Å². The molecule has 0 bridgehead atoms. The van der Waals surface area contributed by atoms with Crippen LogP contribution in [0.4, 0.5) is 0 Å². The summed E-state index contributed by atoms with van der Waals surface area (Å²) in [7, 11) is 0. The number of carbonyl (C=O) groups is 3. The number of benzene rings is 1. The predicted octanol–water partition coefficient (Wildman–Crippen LogP) is 2.93. The number of aromatic carboxylic acids is 1. The second-order valence-corrected chi connectivity index (χ2v) is 6.92. The zero-order valence-corrected chi connectivity index (χ0v) is 14.7. The Kier molecular flexibility index (Phi) is 4.92. The number of carbonyl (C=O) groups excluding carboxylic acids is 1. The highest BCUT2D eigenvalue weighted by atomic mass is 32.2. The van der Waals surface area contributed by atoms with E-state index in [0.717, 1.165) is 16.7 Å². The summed E-state index contributed by atoms with van der Waals surface area (Å²) < 4.78 is 5.84. The van der Waals surface area contributed by atoms with Gasteiger partial charge in [-0.15, -0.1) is 0 Å². The van der Waals surface area contributed by atoms with E-state index in [4.69, 9.17) is 26.8 Å². The van der Waals surface area contributed by atoms with E-state index in [0.29, 0.717) is 17.1 Å². The summed E-state index contributed by atoms with van der Waals surface area (Å²) in [5.74, 6) is -1.73. The summed E-state index contributed by atoms with van der Waals surface area (Å²) in [5.41, 5.74) is 0.857. The summed E-state index contributed by atoms with van der Waals surface area (Å²) in [6.07, 6.45) is 1.50. The molecule has 0 spiro atoms. The molecule has 1 aromatic heterocycles. The molecule has 1 aromatic carbocycles. The number of carboxylic acids is 2. The predicted molar refractivity (Wildman–Crippen MR) is 98.6 cm³/mol. The van der Waals surface area contributed by atoms with Crippen molar-refractivity contribution in [2.45, 2.75) is 0 Å². The molecular formula is C17H11NO6S2. The minimum absolute atomic E-state index is 0.169. The lowest BCUT2D eigenvalue weighted by Gasteiger charge is -2.09. The second kappa shape index (κ2) is 7.14. The molecule has 1 amide bonds. The van der Waals surface area contributed by atoms with E-state index in [-0.39, 0.29) is 14.8 Å². The number of thiocarbonyl (C=S) groups is 1. The first-order chi connectivity index (χ1) is 12.3. The molecule has 1 fully saturated rings. The highest BCUT2D eigenvalue weighted by Gasteiger charge is 2.33. The minimum Gasteiger partial charge on any atom is -0.480 e. The van der Waals surface area contributed by atoms with Gasteiger partial charge in [0.1, 0.15) is 22.4 Å². The van der Waals surface area contributed by atoms with Crippen LogP contribution in [0.15, 0.2) is 45.7 Å². The molecule has 2 aromatic rings. The van der Waals surface area contributed by atoms with Gasteiger partial charge in [0, 0.05) is 11.6 Å². The molecule has 1 aliphatic rings. The number of hydrogen-bond donors (Lipinski definition) is 2. The van der Waals surface area contributed by atoms with Crippen molar-refractivity contribution in [2.24, 2.45) is 0 Å². The van der Waals surface area contributed by atoms with Crippen LogP contribution in [0.25, 0.3) is 17.4 Å². The number of thioether (sulfide) groups is 1. The lowest BCUT2D eigenvalue weighted by molar-refractivity contribution is -0.140. The molecule has 132 valence electrons. The Bertz CT molecular complexity index is 944. The van der Waals surface area contributed by atoms with Crippen LogP contribution in [0.2, 0.25) is 0 Å². The molecule has 0 atom stereocenters. The molecule has 0 radical (unpaired) electrons. The van der Waals surface area contributed by atoms with E-state index in [9.17, 15) is 14.4 Å². The van der Waals surface area contributed by atoms with Gasteiger partial charge >= 0.3 is 11.9 Å². The van der Waals surface area contributed by atoms with Gasteiger partial charge < -0.3 is 14.6 Å². The molecule has 0 saturated carbocycles. The Morgan fingerprint density at radius 3 is 2.46 bits per heavy atom. The van der Waals surface area contributed by atoms with Crippen molar-refractivity contribution in [3.63, 3.8) is 0 Å². The normalized spacial score (nSPS) is 15.7. The molecule has 0 unspecified atom stereocenters. The quantitative estimate of drug-likeness (QED) is 0.594. The molecule has 1 aliphatic heterocycles. The van der Waals surface area contributed by atoms with E-state index in [1.54, 1.807) is 24.3 Å². The maximum atomic E-state index is 12.2. The van der Waals surface area contributed by atoms with E-state index in [1.165, 1.54) is 18.2 Å². The van der Waals surface area contributed by atoms with Gasteiger partial charge in [-0.2, -0.15) is 0 Å². The van der Waals surface area contributed by atoms with Gasteiger partial charge in [-0.05, 0) is 24.3 Å².